The highest BCUT2D eigenvalue weighted by molar-refractivity contribution is 5.92. The van der Waals surface area contributed by atoms with Crippen LogP contribution in [0.5, 0.6) is 5.75 Å². The Bertz CT molecular complexity index is 804. The number of benzene rings is 3. The van der Waals surface area contributed by atoms with Crippen LogP contribution < -0.4 is 0 Å². The summed E-state index contributed by atoms with van der Waals surface area (Å²) in [6.07, 6.45) is 5.41. The van der Waals surface area contributed by atoms with E-state index in [0.717, 1.165) is 22.0 Å². The Morgan fingerprint density at radius 3 is 2.43 bits per heavy atom. The van der Waals surface area contributed by atoms with Crippen molar-refractivity contribution in [1.29, 1.82) is 0 Å². The number of rotatable bonds is 3. The molecule has 2 nitrogen and oxygen atoms in total. The number of para-hydroxylation sites is 1. The summed E-state index contributed by atoms with van der Waals surface area (Å²) in [5.74, 6) is 0.303. The van der Waals surface area contributed by atoms with Gasteiger partial charge in [-0.3, -0.25) is 4.99 Å². The second kappa shape index (κ2) is 6.06. The Kier molecular flexibility index (Phi) is 3.79. The molecule has 102 valence electrons. The molecule has 0 aliphatic carbocycles. The van der Waals surface area contributed by atoms with Crippen LogP contribution >= 0.6 is 0 Å². The van der Waals surface area contributed by atoms with Gasteiger partial charge < -0.3 is 5.11 Å². The summed E-state index contributed by atoms with van der Waals surface area (Å²) < 4.78 is 0. The number of fused-ring (bicyclic) bond motifs is 1. The highest BCUT2D eigenvalue weighted by Crippen LogP contribution is 2.29. The molecule has 3 rings (SSSR count). The van der Waals surface area contributed by atoms with E-state index in [1.807, 2.05) is 78.9 Å². The molecule has 0 atom stereocenters. The van der Waals surface area contributed by atoms with Crippen molar-refractivity contribution in [1.82, 2.24) is 0 Å². The van der Waals surface area contributed by atoms with Crippen molar-refractivity contribution >= 4 is 28.8 Å². The first-order chi connectivity index (χ1) is 10.3. The minimum Gasteiger partial charge on any atom is -0.507 e. The first-order valence-corrected chi connectivity index (χ1v) is 6.81. The van der Waals surface area contributed by atoms with Crippen molar-refractivity contribution < 1.29 is 5.11 Å². The lowest BCUT2D eigenvalue weighted by molar-refractivity contribution is 0.480. The average molecular weight is 273 g/mol. The first-order valence-electron chi connectivity index (χ1n) is 6.81. The normalized spacial score (nSPS) is 11.6. The lowest BCUT2D eigenvalue weighted by atomic mass is 10.1. The molecule has 3 aromatic carbocycles. The molecule has 0 aromatic heterocycles. The highest BCUT2D eigenvalue weighted by atomic mass is 16.3. The van der Waals surface area contributed by atoms with Gasteiger partial charge in [0.2, 0.25) is 0 Å². The Balaban J connectivity index is 1.83. The predicted molar refractivity (Wildman–Crippen MR) is 89.2 cm³/mol. The minimum atomic E-state index is 0.303. The maximum atomic E-state index is 10.3. The molecule has 0 radical (unpaired) electrons. The zero-order chi connectivity index (χ0) is 14.5. The van der Waals surface area contributed by atoms with Crippen molar-refractivity contribution in [3.8, 4) is 5.75 Å². The van der Waals surface area contributed by atoms with Crippen molar-refractivity contribution in [2.45, 2.75) is 0 Å². The van der Waals surface area contributed by atoms with E-state index < -0.39 is 0 Å². The lowest BCUT2D eigenvalue weighted by Gasteiger charge is -2.03. The van der Waals surface area contributed by atoms with Gasteiger partial charge in [-0.05, 0) is 29.7 Å². The van der Waals surface area contributed by atoms with E-state index in [4.69, 9.17) is 0 Å². The molecule has 0 amide bonds. The number of phenolic OH excluding ortho intramolecular Hbond substituents is 1. The largest absolute Gasteiger partial charge is 0.507 e. The van der Waals surface area contributed by atoms with E-state index in [1.54, 1.807) is 6.21 Å². The van der Waals surface area contributed by atoms with Gasteiger partial charge in [-0.15, -0.1) is 0 Å². The van der Waals surface area contributed by atoms with Gasteiger partial charge in [-0.25, -0.2) is 0 Å². The molecule has 0 spiro atoms. The smallest absolute Gasteiger partial charge is 0.130 e. The quantitative estimate of drug-likeness (QED) is 0.672. The molecule has 3 aromatic rings. The summed E-state index contributed by atoms with van der Waals surface area (Å²) in [4.78, 5) is 4.32. The van der Waals surface area contributed by atoms with Crippen LogP contribution in [0, 0.1) is 0 Å². The second-order valence-electron chi connectivity index (χ2n) is 4.70. The van der Waals surface area contributed by atoms with Gasteiger partial charge >= 0.3 is 0 Å². The molecule has 0 saturated carbocycles. The Morgan fingerprint density at radius 1 is 0.810 bits per heavy atom. The topological polar surface area (TPSA) is 32.6 Å². The molecule has 0 saturated heterocycles. The Morgan fingerprint density at radius 2 is 1.57 bits per heavy atom. The third-order valence-corrected chi connectivity index (χ3v) is 3.27. The van der Waals surface area contributed by atoms with Crippen molar-refractivity contribution in [2.24, 2.45) is 4.99 Å². The van der Waals surface area contributed by atoms with Crippen molar-refractivity contribution in [2.75, 3.05) is 0 Å². The minimum absolute atomic E-state index is 0.303. The first kappa shape index (κ1) is 13.1. The number of aliphatic imine (C=N–C) groups is 1. The van der Waals surface area contributed by atoms with Gasteiger partial charge in [0.25, 0.3) is 0 Å². The molecule has 0 aliphatic rings. The van der Waals surface area contributed by atoms with Gasteiger partial charge in [0.05, 0.1) is 5.69 Å². The van der Waals surface area contributed by atoms with E-state index in [9.17, 15) is 5.11 Å². The van der Waals surface area contributed by atoms with Crippen LogP contribution in [0.15, 0.2) is 77.8 Å². The fourth-order valence-electron chi connectivity index (χ4n) is 2.20. The lowest BCUT2D eigenvalue weighted by Crippen LogP contribution is -1.79. The molecule has 0 fully saturated rings. The number of allylic oxidation sites excluding steroid dienone is 1. The van der Waals surface area contributed by atoms with E-state index in [2.05, 4.69) is 4.99 Å². The van der Waals surface area contributed by atoms with Gasteiger partial charge in [-0.1, -0.05) is 54.6 Å². The molecular formula is C19H15NO. The summed E-state index contributed by atoms with van der Waals surface area (Å²) in [6, 6.07) is 21.4. The summed E-state index contributed by atoms with van der Waals surface area (Å²) in [5, 5.41) is 12.2. The molecule has 21 heavy (non-hydrogen) atoms. The van der Waals surface area contributed by atoms with Crippen LogP contribution in [-0.2, 0) is 0 Å². The van der Waals surface area contributed by atoms with E-state index in [1.165, 1.54) is 0 Å². The number of hydrogen-bond donors (Lipinski definition) is 1. The third-order valence-electron chi connectivity index (χ3n) is 3.27. The van der Waals surface area contributed by atoms with Gasteiger partial charge in [0.15, 0.2) is 0 Å². The molecular weight excluding hydrogens is 258 g/mol. The van der Waals surface area contributed by atoms with Crippen LogP contribution in [-0.4, -0.2) is 11.3 Å². The highest BCUT2D eigenvalue weighted by Gasteiger charge is 2.02. The average Bonchev–Trinajstić information content (AvgIpc) is 2.55. The fraction of sp³-hybridized carbons (Fsp3) is 0. The molecule has 2 heteroatoms. The molecule has 1 N–H and O–H groups in total. The summed E-state index contributed by atoms with van der Waals surface area (Å²) in [5.41, 5.74) is 1.69. The number of hydrogen-bond acceptors (Lipinski definition) is 2. The molecule has 0 bridgehead atoms. The van der Waals surface area contributed by atoms with Crippen LogP contribution in [0.25, 0.3) is 16.8 Å². The van der Waals surface area contributed by atoms with Crippen molar-refractivity contribution in [3.63, 3.8) is 0 Å². The zero-order valence-corrected chi connectivity index (χ0v) is 11.5. The SMILES string of the molecule is Oc1c(/C=C/C=Nc2ccccc2)ccc2ccccc12. The Labute approximate surface area is 123 Å². The van der Waals surface area contributed by atoms with Gasteiger partial charge in [-0.2, -0.15) is 0 Å². The van der Waals surface area contributed by atoms with E-state index in [-0.39, 0.29) is 0 Å². The number of phenols is 1. The monoisotopic (exact) mass is 273 g/mol. The maximum Gasteiger partial charge on any atom is 0.130 e. The van der Waals surface area contributed by atoms with Crippen LogP contribution in [0.3, 0.4) is 0 Å². The van der Waals surface area contributed by atoms with Crippen LogP contribution in [0.1, 0.15) is 5.56 Å². The van der Waals surface area contributed by atoms with Gasteiger partial charge in [0, 0.05) is 17.2 Å². The van der Waals surface area contributed by atoms with Crippen LogP contribution in [0.2, 0.25) is 0 Å². The molecule has 0 unspecified atom stereocenters. The van der Waals surface area contributed by atoms with E-state index >= 15 is 0 Å². The maximum absolute atomic E-state index is 10.3. The number of aromatic hydroxyl groups is 1. The summed E-state index contributed by atoms with van der Waals surface area (Å²) in [7, 11) is 0. The predicted octanol–water partition coefficient (Wildman–Crippen LogP) is 4.96. The van der Waals surface area contributed by atoms with Crippen LogP contribution in [0.4, 0.5) is 5.69 Å². The number of nitrogens with zero attached hydrogens (tertiary/aromatic N) is 1. The molecule has 0 heterocycles. The van der Waals surface area contributed by atoms with E-state index in [0.29, 0.717) is 5.75 Å². The summed E-state index contributed by atoms with van der Waals surface area (Å²) in [6.45, 7) is 0. The fourth-order valence-corrected chi connectivity index (χ4v) is 2.20. The standard InChI is InChI=1S/C19H15NO/c21-19-16(13-12-15-7-4-5-11-18(15)19)8-6-14-20-17-9-2-1-3-10-17/h1-14,21H/b8-6+,20-14?. The van der Waals surface area contributed by atoms with Crippen molar-refractivity contribution in [3.05, 3.63) is 78.4 Å². The summed E-state index contributed by atoms with van der Waals surface area (Å²) >= 11 is 0. The Hall–Kier alpha value is -2.87. The third kappa shape index (κ3) is 3.00. The van der Waals surface area contributed by atoms with Gasteiger partial charge in [0.1, 0.15) is 5.75 Å². The zero-order valence-electron chi connectivity index (χ0n) is 11.5. The molecule has 0 aliphatic heterocycles. The second-order valence-corrected chi connectivity index (χ2v) is 4.70.